The summed E-state index contributed by atoms with van der Waals surface area (Å²) in [6.45, 7) is 0.511. The molecule has 0 saturated carbocycles. The Kier molecular flexibility index (Phi) is 5.22. The molecular formula is C14H18BrNO3. The zero-order valence-corrected chi connectivity index (χ0v) is 12.5. The number of alkyl halides is 1. The van der Waals surface area contributed by atoms with Gasteiger partial charge in [0.1, 0.15) is 5.75 Å². The van der Waals surface area contributed by atoms with E-state index in [2.05, 4.69) is 21.2 Å². The van der Waals surface area contributed by atoms with Crippen LogP contribution in [-0.2, 0) is 16.0 Å². The summed E-state index contributed by atoms with van der Waals surface area (Å²) in [5.41, 5.74) is 1.09. The number of ether oxygens (including phenoxy) is 2. The van der Waals surface area contributed by atoms with Crippen LogP contribution in [0.5, 0.6) is 5.75 Å². The predicted molar refractivity (Wildman–Crippen MR) is 76.8 cm³/mol. The number of rotatable bonds is 6. The fraction of sp³-hybridized carbons (Fsp3) is 0.500. The van der Waals surface area contributed by atoms with Crippen LogP contribution in [-0.4, -0.2) is 37.1 Å². The fourth-order valence-electron chi connectivity index (χ4n) is 2.15. The second-order valence-electron chi connectivity index (χ2n) is 4.56. The van der Waals surface area contributed by atoms with Gasteiger partial charge in [-0.25, -0.2) is 0 Å². The minimum Gasteiger partial charge on any atom is -0.480 e. The summed E-state index contributed by atoms with van der Waals surface area (Å²) >= 11 is 3.38. The Balaban J connectivity index is 1.91. The monoisotopic (exact) mass is 327 g/mol. The van der Waals surface area contributed by atoms with Crippen molar-refractivity contribution in [2.45, 2.75) is 25.0 Å². The average Bonchev–Trinajstić information content (AvgIpc) is 2.83. The van der Waals surface area contributed by atoms with Crippen molar-refractivity contribution >= 4 is 21.8 Å². The average molecular weight is 328 g/mol. The lowest BCUT2D eigenvalue weighted by molar-refractivity contribution is -0.128. The third-order valence-corrected chi connectivity index (χ3v) is 3.57. The van der Waals surface area contributed by atoms with E-state index in [1.807, 2.05) is 24.3 Å². The molecule has 1 aliphatic heterocycles. The number of hydrogen-bond donors (Lipinski definition) is 1. The third-order valence-electron chi connectivity index (χ3n) is 3.11. The quantitative estimate of drug-likeness (QED) is 0.812. The van der Waals surface area contributed by atoms with Crippen LogP contribution in [0.4, 0.5) is 0 Å². The second kappa shape index (κ2) is 6.91. The van der Waals surface area contributed by atoms with E-state index in [9.17, 15) is 4.79 Å². The number of carbonyl (C=O) groups excluding carboxylic acids is 1. The van der Waals surface area contributed by atoms with E-state index >= 15 is 0 Å². The van der Waals surface area contributed by atoms with E-state index in [0.717, 1.165) is 23.1 Å². The molecule has 104 valence electrons. The molecule has 0 radical (unpaired) electrons. The molecule has 1 N–H and O–H groups in total. The topological polar surface area (TPSA) is 47.6 Å². The number of fused-ring (bicyclic) bond motifs is 1. The first-order valence-corrected chi connectivity index (χ1v) is 7.46. The number of para-hydroxylation sites is 1. The van der Waals surface area contributed by atoms with Gasteiger partial charge >= 0.3 is 0 Å². The van der Waals surface area contributed by atoms with Gasteiger partial charge in [-0.15, -0.1) is 0 Å². The molecule has 0 saturated heterocycles. The lowest BCUT2D eigenvalue weighted by Gasteiger charge is -2.19. The van der Waals surface area contributed by atoms with Gasteiger partial charge in [-0.1, -0.05) is 34.1 Å². The van der Waals surface area contributed by atoms with E-state index in [1.165, 1.54) is 0 Å². The van der Waals surface area contributed by atoms with Gasteiger partial charge in [0.2, 0.25) is 0 Å². The van der Waals surface area contributed by atoms with E-state index in [-0.39, 0.29) is 11.9 Å². The molecule has 2 unspecified atom stereocenters. The standard InChI is InChI=1S/C14H18BrNO3/c1-18-9-11(6-7-15)16-14(17)13-8-10-4-2-3-5-12(10)19-13/h2-5,11,13H,6-9H2,1H3,(H,16,17). The largest absolute Gasteiger partial charge is 0.480 e. The summed E-state index contributed by atoms with van der Waals surface area (Å²) in [5.74, 6) is 0.741. The van der Waals surface area contributed by atoms with Crippen molar-refractivity contribution in [2.75, 3.05) is 19.0 Å². The van der Waals surface area contributed by atoms with Crippen LogP contribution < -0.4 is 10.1 Å². The third kappa shape index (κ3) is 3.70. The summed E-state index contributed by atoms with van der Waals surface area (Å²) < 4.78 is 10.8. The van der Waals surface area contributed by atoms with Crippen LogP contribution in [0, 0.1) is 0 Å². The summed E-state index contributed by atoms with van der Waals surface area (Å²) in [5, 5.41) is 3.80. The first-order chi connectivity index (χ1) is 9.24. The first kappa shape index (κ1) is 14.3. The van der Waals surface area contributed by atoms with Crippen LogP contribution in [0.3, 0.4) is 0 Å². The maximum atomic E-state index is 12.2. The molecule has 1 amide bonds. The Bertz CT molecular complexity index is 407. The van der Waals surface area contributed by atoms with E-state index in [1.54, 1.807) is 7.11 Å². The minimum absolute atomic E-state index is 0.0178. The van der Waals surface area contributed by atoms with Crippen molar-refractivity contribution in [1.29, 1.82) is 0 Å². The van der Waals surface area contributed by atoms with Crippen LogP contribution >= 0.6 is 15.9 Å². The van der Waals surface area contributed by atoms with Gasteiger partial charge < -0.3 is 14.8 Å². The van der Waals surface area contributed by atoms with E-state index in [0.29, 0.717) is 13.0 Å². The Hall–Kier alpha value is -1.07. The summed E-state index contributed by atoms with van der Waals surface area (Å²) in [7, 11) is 1.63. The SMILES string of the molecule is COCC(CCBr)NC(=O)C1Cc2ccccc2O1. The van der Waals surface area contributed by atoms with Crippen LogP contribution in [0.25, 0.3) is 0 Å². The van der Waals surface area contributed by atoms with Gasteiger partial charge in [-0.05, 0) is 18.1 Å². The molecule has 4 nitrogen and oxygen atoms in total. The minimum atomic E-state index is -0.424. The highest BCUT2D eigenvalue weighted by atomic mass is 79.9. The molecule has 0 fully saturated rings. The van der Waals surface area contributed by atoms with E-state index < -0.39 is 6.10 Å². The Morgan fingerprint density at radius 1 is 1.58 bits per heavy atom. The lowest BCUT2D eigenvalue weighted by atomic mass is 10.1. The molecule has 2 rings (SSSR count). The lowest BCUT2D eigenvalue weighted by Crippen LogP contribution is -2.45. The maximum Gasteiger partial charge on any atom is 0.261 e. The molecule has 1 heterocycles. The van der Waals surface area contributed by atoms with E-state index in [4.69, 9.17) is 9.47 Å². The van der Waals surface area contributed by atoms with Crippen LogP contribution in [0.15, 0.2) is 24.3 Å². The summed E-state index contributed by atoms with van der Waals surface area (Å²) in [4.78, 5) is 12.2. The molecule has 19 heavy (non-hydrogen) atoms. The van der Waals surface area contributed by atoms with Gasteiger partial charge in [-0.2, -0.15) is 0 Å². The molecule has 0 bridgehead atoms. The summed E-state index contributed by atoms with van der Waals surface area (Å²) in [6, 6.07) is 7.78. The highest BCUT2D eigenvalue weighted by Crippen LogP contribution is 2.28. The fourth-order valence-corrected chi connectivity index (χ4v) is 2.71. The molecule has 1 aromatic rings. The van der Waals surface area contributed by atoms with Crippen molar-refractivity contribution in [3.05, 3.63) is 29.8 Å². The van der Waals surface area contributed by atoms with Crippen molar-refractivity contribution in [3.63, 3.8) is 0 Å². The molecular weight excluding hydrogens is 310 g/mol. The molecule has 0 aromatic heterocycles. The molecule has 2 atom stereocenters. The van der Waals surface area contributed by atoms with Crippen LogP contribution in [0.1, 0.15) is 12.0 Å². The normalized spacial score (nSPS) is 18.5. The highest BCUT2D eigenvalue weighted by Gasteiger charge is 2.29. The number of hydrogen-bond acceptors (Lipinski definition) is 3. The smallest absolute Gasteiger partial charge is 0.261 e. The van der Waals surface area contributed by atoms with Gasteiger partial charge in [0.15, 0.2) is 6.10 Å². The number of nitrogens with one attached hydrogen (secondary N) is 1. The van der Waals surface area contributed by atoms with Gasteiger partial charge in [0.05, 0.1) is 12.6 Å². The molecule has 0 spiro atoms. The Morgan fingerprint density at radius 3 is 3.05 bits per heavy atom. The molecule has 5 heteroatoms. The Morgan fingerprint density at radius 2 is 2.37 bits per heavy atom. The van der Waals surface area contributed by atoms with Gasteiger partial charge in [0, 0.05) is 18.9 Å². The predicted octanol–water partition coefficient (Wildman–Crippen LogP) is 1.91. The van der Waals surface area contributed by atoms with Crippen LogP contribution in [0.2, 0.25) is 0 Å². The molecule has 1 aliphatic rings. The number of methoxy groups -OCH3 is 1. The number of amides is 1. The highest BCUT2D eigenvalue weighted by molar-refractivity contribution is 9.09. The maximum absolute atomic E-state index is 12.2. The van der Waals surface area contributed by atoms with Gasteiger partial charge in [0.25, 0.3) is 5.91 Å². The Labute approximate surface area is 121 Å². The van der Waals surface area contributed by atoms with Crippen molar-refractivity contribution in [1.82, 2.24) is 5.32 Å². The summed E-state index contributed by atoms with van der Waals surface area (Å²) in [6.07, 6.45) is 1.04. The van der Waals surface area contributed by atoms with Crippen molar-refractivity contribution in [2.24, 2.45) is 0 Å². The number of carbonyl (C=O) groups is 1. The van der Waals surface area contributed by atoms with Crippen molar-refractivity contribution < 1.29 is 14.3 Å². The first-order valence-electron chi connectivity index (χ1n) is 6.34. The number of benzene rings is 1. The van der Waals surface area contributed by atoms with Gasteiger partial charge in [-0.3, -0.25) is 4.79 Å². The zero-order chi connectivity index (χ0) is 13.7. The molecule has 0 aliphatic carbocycles. The van der Waals surface area contributed by atoms with Crippen molar-refractivity contribution in [3.8, 4) is 5.75 Å². The molecule has 1 aromatic carbocycles. The zero-order valence-electron chi connectivity index (χ0n) is 10.9. The number of halogens is 1. The second-order valence-corrected chi connectivity index (χ2v) is 5.35.